The molecular formula is C14H18F3N. The molecule has 0 spiro atoms. The average Bonchev–Trinajstić information content (AvgIpc) is 2.56. The Morgan fingerprint density at radius 1 is 1.22 bits per heavy atom. The summed E-state index contributed by atoms with van der Waals surface area (Å²) in [4.78, 5) is 0. The molecule has 0 saturated heterocycles. The summed E-state index contributed by atoms with van der Waals surface area (Å²) < 4.78 is 40.3. The van der Waals surface area contributed by atoms with Gasteiger partial charge in [-0.1, -0.05) is 20.3 Å². The minimum atomic E-state index is -0.911. The number of benzene rings is 1. The number of hydrogen-bond donors (Lipinski definition) is 1. The molecule has 1 aliphatic rings. The summed E-state index contributed by atoms with van der Waals surface area (Å²) in [5, 5.41) is 0. The van der Waals surface area contributed by atoms with Gasteiger partial charge in [0.05, 0.1) is 0 Å². The van der Waals surface area contributed by atoms with Crippen LogP contribution in [0, 0.1) is 28.8 Å². The van der Waals surface area contributed by atoms with Crippen molar-refractivity contribution in [1.29, 1.82) is 0 Å². The molecule has 1 aromatic carbocycles. The van der Waals surface area contributed by atoms with Crippen molar-refractivity contribution >= 4 is 0 Å². The molecule has 0 bridgehead atoms. The molecule has 100 valence electrons. The minimum absolute atomic E-state index is 0.0203. The van der Waals surface area contributed by atoms with Crippen molar-refractivity contribution in [2.45, 2.75) is 39.2 Å². The molecule has 1 saturated carbocycles. The van der Waals surface area contributed by atoms with E-state index in [0.29, 0.717) is 12.1 Å². The fourth-order valence-electron chi connectivity index (χ4n) is 3.09. The van der Waals surface area contributed by atoms with E-state index in [4.69, 9.17) is 5.73 Å². The lowest BCUT2D eigenvalue weighted by molar-refractivity contribution is 0.216. The molecule has 18 heavy (non-hydrogen) atoms. The summed E-state index contributed by atoms with van der Waals surface area (Å²) in [6.45, 7) is 4.12. The largest absolute Gasteiger partial charge is 0.324 e. The van der Waals surface area contributed by atoms with Crippen LogP contribution in [0.3, 0.4) is 0 Å². The lowest BCUT2D eigenvalue weighted by atomic mass is 9.75. The van der Waals surface area contributed by atoms with Crippen LogP contribution < -0.4 is 5.73 Å². The third-order valence-electron chi connectivity index (χ3n) is 4.15. The standard InChI is InChI=1S/C14H18F3N/c1-14(2)5-3-4-9(14)13(18)12-10(16)6-8(15)7-11(12)17/h6-7,9,13H,3-5,18H2,1-2H3. The van der Waals surface area contributed by atoms with E-state index in [-0.39, 0.29) is 16.9 Å². The van der Waals surface area contributed by atoms with Crippen LogP contribution in [0.2, 0.25) is 0 Å². The van der Waals surface area contributed by atoms with Crippen LogP contribution in [0.5, 0.6) is 0 Å². The molecule has 2 rings (SSSR count). The van der Waals surface area contributed by atoms with Crippen LogP contribution >= 0.6 is 0 Å². The van der Waals surface area contributed by atoms with Crippen LogP contribution in [0.1, 0.15) is 44.7 Å². The van der Waals surface area contributed by atoms with E-state index >= 15 is 0 Å². The Kier molecular flexibility index (Phi) is 3.41. The van der Waals surface area contributed by atoms with Crippen LogP contribution in [-0.4, -0.2) is 0 Å². The Balaban J connectivity index is 2.37. The molecule has 0 aromatic heterocycles. The van der Waals surface area contributed by atoms with Crippen molar-refractivity contribution in [2.24, 2.45) is 17.1 Å². The molecule has 0 aliphatic heterocycles. The SMILES string of the molecule is CC1(C)CCCC1C(N)c1c(F)cc(F)cc1F. The van der Waals surface area contributed by atoms with Crippen LogP contribution in [0.15, 0.2) is 12.1 Å². The number of hydrogen-bond acceptors (Lipinski definition) is 1. The van der Waals surface area contributed by atoms with Gasteiger partial charge in [-0.15, -0.1) is 0 Å². The van der Waals surface area contributed by atoms with Gasteiger partial charge in [0.25, 0.3) is 0 Å². The topological polar surface area (TPSA) is 26.0 Å². The highest BCUT2D eigenvalue weighted by molar-refractivity contribution is 5.25. The smallest absolute Gasteiger partial charge is 0.133 e. The molecular weight excluding hydrogens is 239 g/mol. The van der Waals surface area contributed by atoms with Gasteiger partial charge in [0, 0.05) is 23.7 Å². The van der Waals surface area contributed by atoms with Gasteiger partial charge in [-0.05, 0) is 24.2 Å². The van der Waals surface area contributed by atoms with Gasteiger partial charge in [0.1, 0.15) is 17.5 Å². The summed E-state index contributed by atoms with van der Waals surface area (Å²) in [5.74, 6) is -2.66. The maximum absolute atomic E-state index is 13.7. The normalized spacial score (nSPS) is 24.2. The van der Waals surface area contributed by atoms with E-state index in [2.05, 4.69) is 13.8 Å². The fourth-order valence-corrected chi connectivity index (χ4v) is 3.09. The van der Waals surface area contributed by atoms with Crippen molar-refractivity contribution in [2.75, 3.05) is 0 Å². The van der Waals surface area contributed by atoms with Crippen molar-refractivity contribution < 1.29 is 13.2 Å². The van der Waals surface area contributed by atoms with E-state index in [0.717, 1.165) is 19.3 Å². The quantitative estimate of drug-likeness (QED) is 0.853. The van der Waals surface area contributed by atoms with E-state index in [1.165, 1.54) is 0 Å². The number of rotatable bonds is 2. The summed E-state index contributed by atoms with van der Waals surface area (Å²) in [6, 6.07) is 0.670. The lowest BCUT2D eigenvalue weighted by Gasteiger charge is -2.32. The second-order valence-electron chi connectivity index (χ2n) is 5.80. The molecule has 1 fully saturated rings. The number of nitrogens with two attached hydrogens (primary N) is 1. The van der Waals surface area contributed by atoms with Gasteiger partial charge < -0.3 is 5.73 Å². The second kappa shape index (κ2) is 4.57. The van der Waals surface area contributed by atoms with Crippen molar-refractivity contribution in [3.8, 4) is 0 Å². The van der Waals surface area contributed by atoms with Crippen molar-refractivity contribution in [1.82, 2.24) is 0 Å². The van der Waals surface area contributed by atoms with E-state index in [1.807, 2.05) is 0 Å². The Hall–Kier alpha value is -1.03. The Labute approximate surface area is 105 Å². The van der Waals surface area contributed by atoms with Crippen LogP contribution in [0.25, 0.3) is 0 Å². The molecule has 0 amide bonds. The zero-order valence-corrected chi connectivity index (χ0v) is 10.6. The van der Waals surface area contributed by atoms with Gasteiger partial charge in [-0.3, -0.25) is 0 Å². The van der Waals surface area contributed by atoms with Crippen molar-refractivity contribution in [3.05, 3.63) is 35.1 Å². The van der Waals surface area contributed by atoms with Crippen LogP contribution in [0.4, 0.5) is 13.2 Å². The maximum Gasteiger partial charge on any atom is 0.133 e. The highest BCUT2D eigenvalue weighted by Gasteiger charge is 2.40. The molecule has 0 radical (unpaired) electrons. The van der Waals surface area contributed by atoms with E-state index in [1.54, 1.807) is 0 Å². The fraction of sp³-hybridized carbons (Fsp3) is 0.571. The first-order chi connectivity index (χ1) is 8.33. The Morgan fingerprint density at radius 3 is 2.22 bits per heavy atom. The molecule has 1 nitrogen and oxygen atoms in total. The Morgan fingerprint density at radius 2 is 1.78 bits per heavy atom. The van der Waals surface area contributed by atoms with Crippen LogP contribution in [-0.2, 0) is 0 Å². The Bertz CT molecular complexity index is 433. The molecule has 2 N–H and O–H groups in total. The van der Waals surface area contributed by atoms with Crippen molar-refractivity contribution in [3.63, 3.8) is 0 Å². The summed E-state index contributed by atoms with van der Waals surface area (Å²) in [5.41, 5.74) is 5.81. The first-order valence-corrected chi connectivity index (χ1v) is 6.23. The monoisotopic (exact) mass is 257 g/mol. The highest BCUT2D eigenvalue weighted by Crippen LogP contribution is 2.48. The predicted octanol–water partition coefficient (Wildman–Crippen LogP) is 3.93. The molecule has 2 atom stereocenters. The third kappa shape index (κ3) is 2.26. The van der Waals surface area contributed by atoms with Gasteiger partial charge in [0.15, 0.2) is 0 Å². The summed E-state index contributed by atoms with van der Waals surface area (Å²) >= 11 is 0. The maximum atomic E-state index is 13.7. The third-order valence-corrected chi connectivity index (χ3v) is 4.15. The number of halogens is 3. The van der Waals surface area contributed by atoms with Gasteiger partial charge >= 0.3 is 0 Å². The predicted molar refractivity (Wildman–Crippen MR) is 64.4 cm³/mol. The lowest BCUT2D eigenvalue weighted by Crippen LogP contribution is -2.31. The first kappa shape index (κ1) is 13.4. The summed E-state index contributed by atoms with van der Waals surface area (Å²) in [6.07, 6.45) is 2.86. The van der Waals surface area contributed by atoms with Gasteiger partial charge in [-0.2, -0.15) is 0 Å². The molecule has 4 heteroatoms. The minimum Gasteiger partial charge on any atom is -0.324 e. The molecule has 0 heterocycles. The summed E-state index contributed by atoms with van der Waals surface area (Å²) in [7, 11) is 0. The zero-order chi connectivity index (χ0) is 13.5. The van der Waals surface area contributed by atoms with E-state index in [9.17, 15) is 13.2 Å². The van der Waals surface area contributed by atoms with Gasteiger partial charge in [0.2, 0.25) is 0 Å². The molecule has 1 aromatic rings. The average molecular weight is 257 g/mol. The zero-order valence-electron chi connectivity index (χ0n) is 10.6. The molecule has 1 aliphatic carbocycles. The van der Waals surface area contributed by atoms with E-state index < -0.39 is 23.5 Å². The first-order valence-electron chi connectivity index (χ1n) is 6.23. The van der Waals surface area contributed by atoms with Gasteiger partial charge in [-0.25, -0.2) is 13.2 Å². The molecule has 2 unspecified atom stereocenters. The highest BCUT2D eigenvalue weighted by atomic mass is 19.1. The second-order valence-corrected chi connectivity index (χ2v) is 5.80.